The highest BCUT2D eigenvalue weighted by atomic mass is 32.1. The summed E-state index contributed by atoms with van der Waals surface area (Å²) in [6.07, 6.45) is 2.96. The molecule has 1 fully saturated rings. The van der Waals surface area contributed by atoms with E-state index in [1.807, 2.05) is 0 Å². The molecule has 4 aromatic rings. The number of anilines is 1. The maximum Gasteiger partial charge on any atom is 0.301 e. The lowest BCUT2D eigenvalue weighted by Gasteiger charge is -2.23. The Hall–Kier alpha value is -4.44. The van der Waals surface area contributed by atoms with Crippen LogP contribution in [0.4, 0.5) is 5.13 Å². The summed E-state index contributed by atoms with van der Waals surface area (Å²) in [5.74, 6) is -1.27. The predicted molar refractivity (Wildman–Crippen MR) is 134 cm³/mol. The summed E-state index contributed by atoms with van der Waals surface area (Å²) < 4.78 is 11.6. The first-order chi connectivity index (χ1) is 17.4. The number of fused-ring (bicyclic) bond motifs is 1. The van der Waals surface area contributed by atoms with E-state index < -0.39 is 17.7 Å². The zero-order chi connectivity index (χ0) is 25.4. The van der Waals surface area contributed by atoms with Gasteiger partial charge in [-0.15, -0.1) is 0 Å². The molecule has 1 amide bonds. The number of ketones is 1. The summed E-state index contributed by atoms with van der Waals surface area (Å²) in [4.78, 5) is 36.5. The zero-order valence-electron chi connectivity index (χ0n) is 19.3. The Morgan fingerprint density at radius 3 is 2.61 bits per heavy atom. The number of phenolic OH excluding ortho intramolecular Hbond substituents is 1. The van der Waals surface area contributed by atoms with Gasteiger partial charge in [-0.3, -0.25) is 19.5 Å². The minimum Gasteiger partial charge on any atom is -0.507 e. The topological polar surface area (TPSA) is 122 Å². The number of carbonyl (C=O) groups excluding carboxylic acids is 2. The smallest absolute Gasteiger partial charge is 0.301 e. The van der Waals surface area contributed by atoms with Crippen molar-refractivity contribution in [1.29, 1.82) is 0 Å². The maximum absolute atomic E-state index is 13.4. The van der Waals surface area contributed by atoms with Crippen LogP contribution in [-0.4, -0.2) is 45.6 Å². The summed E-state index contributed by atoms with van der Waals surface area (Å²) in [5.41, 5.74) is 1.33. The van der Waals surface area contributed by atoms with Gasteiger partial charge in [0.1, 0.15) is 11.5 Å². The van der Waals surface area contributed by atoms with Crippen LogP contribution < -0.4 is 14.4 Å². The second-order valence-electron chi connectivity index (χ2n) is 7.90. The average Bonchev–Trinajstić information content (AvgIpc) is 3.43. The number of amides is 1. The number of Topliss-reactive ketones (excluding diaryl/α,β-unsaturated/α-hetero) is 1. The molecule has 9 nitrogen and oxygen atoms in total. The van der Waals surface area contributed by atoms with Gasteiger partial charge in [0, 0.05) is 18.0 Å². The Morgan fingerprint density at radius 2 is 1.89 bits per heavy atom. The van der Waals surface area contributed by atoms with Crippen molar-refractivity contribution in [1.82, 2.24) is 9.97 Å². The number of benzene rings is 2. The Kier molecular flexibility index (Phi) is 6.03. The van der Waals surface area contributed by atoms with E-state index in [2.05, 4.69) is 9.97 Å². The number of phenols is 1. The highest BCUT2D eigenvalue weighted by Crippen LogP contribution is 2.46. The van der Waals surface area contributed by atoms with Crippen LogP contribution in [0.25, 0.3) is 16.0 Å². The van der Waals surface area contributed by atoms with E-state index in [4.69, 9.17) is 9.47 Å². The van der Waals surface area contributed by atoms with Gasteiger partial charge in [-0.05, 0) is 55.0 Å². The molecular formula is C26H21N3O6S. The molecule has 2 aromatic carbocycles. The molecule has 1 aliphatic heterocycles. The Balaban J connectivity index is 1.73. The molecule has 0 spiro atoms. The monoisotopic (exact) mass is 503 g/mol. The number of methoxy groups -OCH3 is 1. The highest BCUT2D eigenvalue weighted by molar-refractivity contribution is 7.22. The molecule has 1 atom stereocenters. The first-order valence-electron chi connectivity index (χ1n) is 11.0. The number of nitrogens with zero attached hydrogens (tertiary/aromatic N) is 3. The van der Waals surface area contributed by atoms with Gasteiger partial charge in [-0.25, -0.2) is 4.98 Å². The van der Waals surface area contributed by atoms with Gasteiger partial charge < -0.3 is 19.7 Å². The lowest BCUT2D eigenvalue weighted by atomic mass is 9.95. The quantitative estimate of drug-likeness (QED) is 0.225. The van der Waals surface area contributed by atoms with Crippen LogP contribution in [0.15, 0.2) is 66.5 Å². The van der Waals surface area contributed by atoms with E-state index in [9.17, 15) is 19.8 Å². The number of pyridine rings is 1. The molecule has 10 heteroatoms. The van der Waals surface area contributed by atoms with Crippen molar-refractivity contribution < 1.29 is 29.3 Å². The van der Waals surface area contributed by atoms with Gasteiger partial charge >= 0.3 is 5.91 Å². The fourth-order valence-corrected chi connectivity index (χ4v) is 5.13. The third-order valence-electron chi connectivity index (χ3n) is 5.79. The average molecular weight is 504 g/mol. The van der Waals surface area contributed by atoms with E-state index in [1.54, 1.807) is 56.5 Å². The van der Waals surface area contributed by atoms with Gasteiger partial charge in [0.05, 0.1) is 35.5 Å². The summed E-state index contributed by atoms with van der Waals surface area (Å²) in [6.45, 7) is 2.07. The SMILES string of the molecule is CCOc1cc(C2/C(=C(\O)c3ccncc3)C(=O)C(=O)N2c2nc3ccc(OC)cc3s2)ccc1O. The maximum atomic E-state index is 13.4. The van der Waals surface area contributed by atoms with Crippen molar-refractivity contribution in [3.05, 3.63) is 77.6 Å². The van der Waals surface area contributed by atoms with Crippen LogP contribution in [0.2, 0.25) is 0 Å². The number of ether oxygens (including phenoxy) is 2. The van der Waals surface area contributed by atoms with Crippen LogP contribution in [0.3, 0.4) is 0 Å². The minimum absolute atomic E-state index is 0.0845. The largest absolute Gasteiger partial charge is 0.507 e. The van der Waals surface area contributed by atoms with Crippen molar-refractivity contribution >= 4 is 44.1 Å². The van der Waals surface area contributed by atoms with Gasteiger partial charge in [0.2, 0.25) is 0 Å². The van der Waals surface area contributed by atoms with Crippen LogP contribution in [0, 0.1) is 0 Å². The summed E-state index contributed by atoms with van der Waals surface area (Å²) in [5, 5.41) is 21.7. The van der Waals surface area contributed by atoms with Crippen molar-refractivity contribution in [2.75, 3.05) is 18.6 Å². The normalized spacial score (nSPS) is 17.1. The summed E-state index contributed by atoms with van der Waals surface area (Å²) in [6, 6.07) is 12.0. The third-order valence-corrected chi connectivity index (χ3v) is 6.81. The molecule has 0 bridgehead atoms. The van der Waals surface area contributed by atoms with Crippen molar-refractivity contribution in [2.45, 2.75) is 13.0 Å². The standard InChI is InChI=1S/C26H21N3O6S/c1-3-35-19-12-15(4-7-18(19)30)22-21(23(31)14-8-10-27-11-9-14)24(32)25(33)29(22)26-28-17-6-5-16(34-2)13-20(17)36-26/h4-13,22,30-31H,3H2,1-2H3/b23-21+. The van der Waals surface area contributed by atoms with Gasteiger partial charge in [0.15, 0.2) is 16.6 Å². The van der Waals surface area contributed by atoms with E-state index in [0.29, 0.717) is 29.0 Å². The molecule has 1 unspecified atom stereocenters. The molecule has 1 aliphatic rings. The molecule has 1 saturated heterocycles. The molecular weight excluding hydrogens is 482 g/mol. The summed E-state index contributed by atoms with van der Waals surface area (Å²) >= 11 is 1.22. The lowest BCUT2D eigenvalue weighted by molar-refractivity contribution is -0.132. The van der Waals surface area contributed by atoms with Gasteiger partial charge in [-0.2, -0.15) is 0 Å². The first kappa shape index (κ1) is 23.3. The fraction of sp³-hybridized carbons (Fsp3) is 0.154. The number of thiazole rings is 1. The minimum atomic E-state index is -1.01. The van der Waals surface area contributed by atoms with Gasteiger partial charge in [0.25, 0.3) is 5.78 Å². The number of carbonyl (C=O) groups is 2. The number of aliphatic hydroxyl groups is 1. The molecule has 0 saturated carbocycles. The summed E-state index contributed by atoms with van der Waals surface area (Å²) in [7, 11) is 1.56. The molecule has 0 aliphatic carbocycles. The van der Waals surface area contributed by atoms with Crippen LogP contribution in [-0.2, 0) is 9.59 Å². The number of aliphatic hydroxyl groups excluding tert-OH is 1. The second kappa shape index (κ2) is 9.31. The van der Waals surface area contributed by atoms with E-state index in [-0.39, 0.29) is 28.0 Å². The van der Waals surface area contributed by atoms with E-state index >= 15 is 0 Å². The number of aromatic nitrogens is 2. The van der Waals surface area contributed by atoms with Crippen molar-refractivity contribution in [3.63, 3.8) is 0 Å². The molecule has 36 heavy (non-hydrogen) atoms. The molecule has 182 valence electrons. The molecule has 0 radical (unpaired) electrons. The van der Waals surface area contributed by atoms with Crippen LogP contribution in [0.1, 0.15) is 24.1 Å². The van der Waals surface area contributed by atoms with Crippen LogP contribution in [0.5, 0.6) is 17.2 Å². The second-order valence-corrected chi connectivity index (χ2v) is 8.90. The predicted octanol–water partition coefficient (Wildman–Crippen LogP) is 4.43. The third kappa shape index (κ3) is 3.91. The zero-order valence-corrected chi connectivity index (χ0v) is 20.2. The molecule has 5 rings (SSSR count). The van der Waals surface area contributed by atoms with Crippen molar-refractivity contribution in [2.24, 2.45) is 0 Å². The Labute approximate surface area is 209 Å². The number of aromatic hydroxyl groups is 1. The Morgan fingerprint density at radius 1 is 1.11 bits per heavy atom. The highest BCUT2D eigenvalue weighted by Gasteiger charge is 2.48. The molecule has 2 aromatic heterocycles. The molecule has 2 N–H and O–H groups in total. The van der Waals surface area contributed by atoms with Gasteiger partial charge in [-0.1, -0.05) is 17.4 Å². The van der Waals surface area contributed by atoms with E-state index in [0.717, 1.165) is 4.70 Å². The van der Waals surface area contributed by atoms with Crippen molar-refractivity contribution in [3.8, 4) is 17.2 Å². The number of rotatable bonds is 6. The number of hydrogen-bond acceptors (Lipinski definition) is 9. The molecule has 3 heterocycles. The fourth-order valence-electron chi connectivity index (χ4n) is 4.11. The Bertz CT molecular complexity index is 1510. The van der Waals surface area contributed by atoms with E-state index in [1.165, 1.54) is 34.7 Å². The first-order valence-corrected chi connectivity index (χ1v) is 11.9. The lowest BCUT2D eigenvalue weighted by Crippen LogP contribution is -2.29. The van der Waals surface area contributed by atoms with Crippen LogP contribution >= 0.6 is 11.3 Å². The number of hydrogen-bond donors (Lipinski definition) is 2.